The summed E-state index contributed by atoms with van der Waals surface area (Å²) >= 11 is 1.73. The largest absolute Gasteiger partial charge is 0.512 e. The number of carbonyl (C=O) groups is 1. The number of aryl methyl sites for hydroxylation is 4. The Hall–Kier alpha value is -3.18. The summed E-state index contributed by atoms with van der Waals surface area (Å²) < 4.78 is 9.42. The van der Waals surface area contributed by atoms with Gasteiger partial charge in [0.2, 0.25) is 0 Å². The van der Waals surface area contributed by atoms with Crippen molar-refractivity contribution in [2.45, 2.75) is 95.4 Å². The molecule has 0 saturated carbocycles. The zero-order valence-corrected chi connectivity index (χ0v) is 34.6. The van der Waals surface area contributed by atoms with Crippen LogP contribution in [0.3, 0.4) is 0 Å². The van der Waals surface area contributed by atoms with Gasteiger partial charge in [0.25, 0.3) is 0 Å². The summed E-state index contributed by atoms with van der Waals surface area (Å²) in [4.78, 5) is 22.1. The zero-order chi connectivity index (χ0) is 36.5. The van der Waals surface area contributed by atoms with Crippen molar-refractivity contribution in [3.05, 3.63) is 94.5 Å². The summed E-state index contributed by atoms with van der Waals surface area (Å²) in [6, 6.07) is 18.7. The van der Waals surface area contributed by atoms with E-state index in [4.69, 9.17) is 1.37 Å². The third-order valence-electron chi connectivity index (χ3n) is 9.60. The molecule has 4 nitrogen and oxygen atoms in total. The minimum Gasteiger partial charge on any atom is -0.512 e. The molecule has 263 valence electrons. The Morgan fingerprint density at radius 1 is 0.918 bits per heavy atom. The Morgan fingerprint density at radius 2 is 1.51 bits per heavy atom. The molecule has 0 amide bonds. The van der Waals surface area contributed by atoms with Gasteiger partial charge in [0.15, 0.2) is 5.78 Å². The summed E-state index contributed by atoms with van der Waals surface area (Å²) in [6.07, 6.45) is 1.45. The van der Waals surface area contributed by atoms with E-state index in [1.54, 1.807) is 11.3 Å². The molecule has 6 heteroatoms. The van der Waals surface area contributed by atoms with Gasteiger partial charge >= 0.3 is 0 Å². The van der Waals surface area contributed by atoms with Crippen molar-refractivity contribution in [3.8, 4) is 21.7 Å². The fraction of sp³-hybridized carbons (Fsp3) is 0.419. The van der Waals surface area contributed by atoms with Crippen LogP contribution in [0, 0.1) is 57.4 Å². The van der Waals surface area contributed by atoms with Crippen LogP contribution >= 0.6 is 11.3 Å². The molecule has 0 aliphatic rings. The smallest absolute Gasteiger partial charge is 0.162 e. The van der Waals surface area contributed by atoms with E-state index in [0.29, 0.717) is 11.8 Å². The van der Waals surface area contributed by atoms with Crippen molar-refractivity contribution in [2.75, 3.05) is 0 Å². The molecule has 0 aliphatic carbocycles. The number of thiophene rings is 1. The van der Waals surface area contributed by atoms with Gasteiger partial charge < -0.3 is 5.11 Å². The van der Waals surface area contributed by atoms with E-state index in [9.17, 15) is 9.90 Å². The SMILES string of the molecule is CC(C)C(C)C(=O)/C=C(\O)C(C)C(C)C.[2H]c1nc(-c2[c-]c3ccccc3c(C(C)(C)C)c2)c2sc(-c3c(C)cc(C)cc3C)c(C)c2n1.[Ir]. The number of nitrogens with zero attached hydrogens (tertiary/aromatic N) is 2. The molecule has 0 aliphatic heterocycles. The Labute approximate surface area is 313 Å². The van der Waals surface area contributed by atoms with Crippen LogP contribution in [0.25, 0.3) is 42.7 Å². The Morgan fingerprint density at radius 3 is 2.08 bits per heavy atom. The van der Waals surface area contributed by atoms with Crippen molar-refractivity contribution in [3.63, 3.8) is 0 Å². The summed E-state index contributed by atoms with van der Waals surface area (Å²) in [5, 5.41) is 12.0. The van der Waals surface area contributed by atoms with Gasteiger partial charge in [-0.15, -0.1) is 40.5 Å². The zero-order valence-electron chi connectivity index (χ0n) is 32.4. The van der Waals surface area contributed by atoms with E-state index in [-0.39, 0.29) is 55.2 Å². The molecular weight excluding hydrogens is 801 g/mol. The maximum absolute atomic E-state index is 11.7. The minimum atomic E-state index is -0.0357. The van der Waals surface area contributed by atoms with E-state index < -0.39 is 0 Å². The number of hydrogen-bond donors (Lipinski definition) is 1. The summed E-state index contributed by atoms with van der Waals surface area (Å²) in [5.74, 6) is 0.927. The van der Waals surface area contributed by atoms with Crippen LogP contribution < -0.4 is 0 Å². The average Bonchev–Trinajstić information content (AvgIpc) is 3.33. The van der Waals surface area contributed by atoms with Crippen LogP contribution in [0.1, 0.15) is 91.5 Å². The Balaban J connectivity index is 0.000000361. The molecule has 2 heterocycles. The fourth-order valence-electron chi connectivity index (χ4n) is 5.99. The number of hydrogen-bond acceptors (Lipinski definition) is 5. The monoisotopic (exact) mass is 855 g/mol. The molecule has 1 N–H and O–H groups in total. The molecule has 49 heavy (non-hydrogen) atoms. The number of ketones is 1. The Bertz CT molecular complexity index is 2010. The number of allylic oxidation sites excluding steroid dienone is 2. The van der Waals surface area contributed by atoms with Crippen molar-refractivity contribution in [1.82, 2.24) is 9.97 Å². The van der Waals surface area contributed by atoms with Crippen LogP contribution in [0.15, 0.2) is 60.6 Å². The van der Waals surface area contributed by atoms with Crippen LogP contribution in [-0.2, 0) is 30.3 Å². The van der Waals surface area contributed by atoms with Gasteiger partial charge in [-0.05, 0) is 67.2 Å². The third kappa shape index (κ3) is 8.95. The van der Waals surface area contributed by atoms with Gasteiger partial charge in [-0.25, -0.2) is 4.98 Å². The molecule has 0 spiro atoms. The second-order valence-corrected chi connectivity index (χ2v) is 16.1. The van der Waals surface area contributed by atoms with Crippen molar-refractivity contribution in [1.29, 1.82) is 0 Å². The van der Waals surface area contributed by atoms with Crippen LogP contribution in [-0.4, -0.2) is 20.9 Å². The Kier molecular flexibility index (Phi) is 12.8. The van der Waals surface area contributed by atoms with E-state index in [1.807, 2.05) is 41.5 Å². The molecule has 3 aromatic carbocycles. The van der Waals surface area contributed by atoms with Gasteiger partial charge in [-0.1, -0.05) is 109 Å². The summed E-state index contributed by atoms with van der Waals surface area (Å²) in [6.45, 7) is 27.2. The maximum Gasteiger partial charge on any atom is 0.162 e. The van der Waals surface area contributed by atoms with Crippen molar-refractivity contribution < 1.29 is 31.4 Å². The molecule has 2 unspecified atom stereocenters. The first-order valence-corrected chi connectivity index (χ1v) is 17.9. The van der Waals surface area contributed by atoms with Gasteiger partial charge in [-0.2, -0.15) is 0 Å². The first-order valence-electron chi connectivity index (χ1n) is 17.6. The molecule has 2 aromatic heterocycles. The fourth-order valence-corrected chi connectivity index (χ4v) is 7.42. The molecule has 5 aromatic rings. The maximum atomic E-state index is 11.7. The molecular formula is C43H53IrN2O2S-. The second kappa shape index (κ2) is 16.2. The number of aromatic nitrogens is 2. The predicted octanol–water partition coefficient (Wildman–Crippen LogP) is 12.1. The topological polar surface area (TPSA) is 63.1 Å². The van der Waals surface area contributed by atoms with Crippen LogP contribution in [0.2, 0.25) is 0 Å². The molecule has 5 rings (SSSR count). The summed E-state index contributed by atoms with van der Waals surface area (Å²) in [5.41, 5.74) is 9.99. The normalized spacial score (nSPS) is 13.6. The molecule has 1 radical (unpaired) electrons. The molecule has 0 saturated heterocycles. The average molecular weight is 855 g/mol. The van der Waals surface area contributed by atoms with E-state index in [0.717, 1.165) is 32.4 Å². The van der Waals surface area contributed by atoms with Crippen LogP contribution in [0.5, 0.6) is 0 Å². The van der Waals surface area contributed by atoms with E-state index >= 15 is 0 Å². The number of fused-ring (bicyclic) bond motifs is 2. The van der Waals surface area contributed by atoms with Gasteiger partial charge in [0.05, 0.1) is 11.3 Å². The van der Waals surface area contributed by atoms with E-state index in [1.165, 1.54) is 44.2 Å². The number of benzene rings is 3. The first-order chi connectivity index (χ1) is 22.8. The number of rotatable bonds is 7. The van der Waals surface area contributed by atoms with E-state index in [2.05, 4.69) is 107 Å². The molecule has 0 bridgehead atoms. The molecule has 0 fully saturated rings. The number of carbonyl (C=O) groups excluding carboxylic acids is 1. The third-order valence-corrected chi connectivity index (χ3v) is 10.9. The first kappa shape index (κ1) is 38.6. The molecule has 2 atom stereocenters. The summed E-state index contributed by atoms with van der Waals surface area (Å²) in [7, 11) is 0. The van der Waals surface area contributed by atoms with Gasteiger partial charge in [0.1, 0.15) is 7.67 Å². The van der Waals surface area contributed by atoms with Crippen LogP contribution in [0.4, 0.5) is 0 Å². The predicted molar refractivity (Wildman–Crippen MR) is 206 cm³/mol. The minimum absolute atomic E-state index is 0. The quantitative estimate of drug-likeness (QED) is 0.101. The van der Waals surface area contributed by atoms with Crippen molar-refractivity contribution >= 4 is 38.1 Å². The second-order valence-electron chi connectivity index (χ2n) is 15.1. The van der Waals surface area contributed by atoms with Crippen molar-refractivity contribution in [2.24, 2.45) is 23.7 Å². The number of aliphatic hydroxyl groups excluding tert-OH is 1. The van der Waals surface area contributed by atoms with Gasteiger partial charge in [-0.3, -0.25) is 9.78 Å². The number of aliphatic hydroxyl groups is 1. The standard InChI is InChI=1S/C30H29N2S.C13H24O2.Ir/c1-17-12-18(2)25(19(3)13-17)28-20(4)26-29(33-28)27(32-16-31-26)22-14-21-10-8-9-11-23(21)24(15-22)30(5,6)7;1-8(2)10(5)12(14)7-13(15)11(6)9(3)4;/h8-13,15-16H,1-7H3;7-11,14H,1-6H3;/q-1;;/b;12-7-;/i16D;;. The van der Waals surface area contributed by atoms with Gasteiger partial charge in [0, 0.05) is 53.3 Å².